The van der Waals surface area contributed by atoms with Crippen molar-refractivity contribution in [3.63, 3.8) is 0 Å². The molecule has 6 heteroatoms. The molecule has 0 saturated carbocycles. The summed E-state index contributed by atoms with van der Waals surface area (Å²) in [6.07, 6.45) is 2.38. The van der Waals surface area contributed by atoms with Crippen LogP contribution in [-0.4, -0.2) is 28.5 Å². The number of hydrogen-bond acceptors (Lipinski definition) is 3. The van der Waals surface area contributed by atoms with Gasteiger partial charge in [-0.15, -0.1) is 0 Å². The predicted molar refractivity (Wildman–Crippen MR) is 74.7 cm³/mol. The first-order valence-corrected chi connectivity index (χ1v) is 6.72. The van der Waals surface area contributed by atoms with E-state index in [9.17, 15) is 14.4 Å². The van der Waals surface area contributed by atoms with Crippen molar-refractivity contribution in [2.75, 3.05) is 6.54 Å². The first-order valence-electron chi connectivity index (χ1n) is 6.72. The smallest absolute Gasteiger partial charge is 0.303 e. The average Bonchev–Trinajstić information content (AvgIpc) is 2.42. The molecule has 1 rings (SSSR count). The van der Waals surface area contributed by atoms with Gasteiger partial charge in [-0.1, -0.05) is 19.4 Å². The number of carboxylic acids is 1. The molecule has 0 aliphatic heterocycles. The molecule has 1 aromatic rings. The Balaban J connectivity index is 2.37. The van der Waals surface area contributed by atoms with E-state index in [1.165, 1.54) is 12.1 Å². The Morgan fingerprint density at radius 2 is 2.10 bits per heavy atom. The summed E-state index contributed by atoms with van der Waals surface area (Å²) in [5, 5.41) is 11.4. The zero-order chi connectivity index (χ0) is 15.0. The maximum absolute atomic E-state index is 11.8. The molecule has 110 valence electrons. The van der Waals surface area contributed by atoms with E-state index in [-0.39, 0.29) is 29.5 Å². The van der Waals surface area contributed by atoms with E-state index in [1.807, 2.05) is 6.92 Å². The van der Waals surface area contributed by atoms with E-state index in [0.717, 1.165) is 12.8 Å². The molecule has 1 amide bonds. The summed E-state index contributed by atoms with van der Waals surface area (Å²) in [6.45, 7) is 2.47. The van der Waals surface area contributed by atoms with Crippen LogP contribution in [0.3, 0.4) is 0 Å². The second-order valence-electron chi connectivity index (χ2n) is 4.68. The van der Waals surface area contributed by atoms with Gasteiger partial charge in [-0.2, -0.15) is 0 Å². The van der Waals surface area contributed by atoms with Crippen LogP contribution in [0.4, 0.5) is 0 Å². The number of pyridine rings is 1. The van der Waals surface area contributed by atoms with Gasteiger partial charge in [0.25, 0.3) is 5.91 Å². The monoisotopic (exact) mass is 280 g/mol. The Morgan fingerprint density at radius 3 is 2.70 bits per heavy atom. The van der Waals surface area contributed by atoms with Gasteiger partial charge in [0.2, 0.25) is 5.56 Å². The zero-order valence-corrected chi connectivity index (χ0v) is 11.5. The lowest BCUT2D eigenvalue weighted by atomic mass is 9.96. The lowest BCUT2D eigenvalue weighted by Crippen LogP contribution is -2.28. The second kappa shape index (κ2) is 8.14. The highest BCUT2D eigenvalue weighted by Crippen LogP contribution is 2.14. The largest absolute Gasteiger partial charge is 0.481 e. The molecule has 0 radical (unpaired) electrons. The van der Waals surface area contributed by atoms with Crippen molar-refractivity contribution >= 4 is 11.9 Å². The maximum Gasteiger partial charge on any atom is 0.303 e. The van der Waals surface area contributed by atoms with Gasteiger partial charge in [-0.05, 0) is 24.8 Å². The van der Waals surface area contributed by atoms with Crippen molar-refractivity contribution in [2.24, 2.45) is 5.92 Å². The normalized spacial score (nSPS) is 11.8. The average molecular weight is 280 g/mol. The van der Waals surface area contributed by atoms with E-state index >= 15 is 0 Å². The van der Waals surface area contributed by atoms with Crippen LogP contribution in [0.5, 0.6) is 0 Å². The fourth-order valence-corrected chi connectivity index (χ4v) is 1.95. The van der Waals surface area contributed by atoms with Crippen LogP contribution >= 0.6 is 0 Å². The van der Waals surface area contributed by atoms with Crippen molar-refractivity contribution < 1.29 is 14.7 Å². The van der Waals surface area contributed by atoms with Gasteiger partial charge in [-0.25, -0.2) is 0 Å². The molecule has 0 aliphatic rings. The summed E-state index contributed by atoms with van der Waals surface area (Å²) in [7, 11) is 0. The fourth-order valence-electron chi connectivity index (χ4n) is 1.95. The molecule has 1 heterocycles. The summed E-state index contributed by atoms with van der Waals surface area (Å²) in [4.78, 5) is 35.8. The summed E-state index contributed by atoms with van der Waals surface area (Å²) < 4.78 is 0. The standard InChI is InChI=1S/C14H20N2O4/c1-2-10(6-7-13(18)19)8-9-15-14(20)11-4-3-5-12(17)16-11/h3-5,10H,2,6-9H2,1H3,(H,15,20)(H,16,17)(H,18,19). The highest BCUT2D eigenvalue weighted by atomic mass is 16.4. The Bertz CT molecular complexity index is 510. The van der Waals surface area contributed by atoms with Gasteiger partial charge in [0.05, 0.1) is 0 Å². The van der Waals surface area contributed by atoms with Crippen molar-refractivity contribution in [1.82, 2.24) is 10.3 Å². The summed E-state index contributed by atoms with van der Waals surface area (Å²) in [6, 6.07) is 4.41. The number of H-pyrrole nitrogens is 1. The lowest BCUT2D eigenvalue weighted by molar-refractivity contribution is -0.137. The van der Waals surface area contributed by atoms with Crippen molar-refractivity contribution in [3.05, 3.63) is 34.2 Å². The summed E-state index contributed by atoms with van der Waals surface area (Å²) in [5.41, 5.74) is -0.0818. The van der Waals surface area contributed by atoms with Crippen LogP contribution in [0.2, 0.25) is 0 Å². The summed E-state index contributed by atoms with van der Waals surface area (Å²) >= 11 is 0. The first-order chi connectivity index (χ1) is 9.52. The Morgan fingerprint density at radius 1 is 1.35 bits per heavy atom. The van der Waals surface area contributed by atoms with Crippen molar-refractivity contribution in [1.29, 1.82) is 0 Å². The third-order valence-corrected chi connectivity index (χ3v) is 3.19. The number of aromatic nitrogens is 1. The minimum absolute atomic E-state index is 0.151. The molecule has 0 bridgehead atoms. The molecule has 1 unspecified atom stereocenters. The number of carboxylic acid groups (broad SMARTS) is 1. The van der Waals surface area contributed by atoms with Gasteiger partial charge in [0.1, 0.15) is 5.69 Å². The van der Waals surface area contributed by atoms with E-state index < -0.39 is 5.97 Å². The van der Waals surface area contributed by atoms with Crippen LogP contribution < -0.4 is 10.9 Å². The molecule has 0 aliphatic carbocycles. The molecule has 1 aromatic heterocycles. The molecule has 20 heavy (non-hydrogen) atoms. The topological polar surface area (TPSA) is 99.3 Å². The highest BCUT2D eigenvalue weighted by molar-refractivity contribution is 5.92. The van der Waals surface area contributed by atoms with Crippen LogP contribution in [0.1, 0.15) is 43.1 Å². The van der Waals surface area contributed by atoms with Crippen molar-refractivity contribution in [3.8, 4) is 0 Å². The zero-order valence-electron chi connectivity index (χ0n) is 11.5. The second-order valence-corrected chi connectivity index (χ2v) is 4.68. The maximum atomic E-state index is 11.8. The molecule has 6 nitrogen and oxygen atoms in total. The molecule has 0 spiro atoms. The molecule has 0 fully saturated rings. The van der Waals surface area contributed by atoms with Gasteiger partial charge >= 0.3 is 5.97 Å². The van der Waals surface area contributed by atoms with Crippen molar-refractivity contribution in [2.45, 2.75) is 32.6 Å². The van der Waals surface area contributed by atoms with Gasteiger partial charge in [0.15, 0.2) is 0 Å². The van der Waals surface area contributed by atoms with Gasteiger partial charge in [0, 0.05) is 19.0 Å². The fraction of sp³-hybridized carbons (Fsp3) is 0.500. The Hall–Kier alpha value is -2.11. The van der Waals surface area contributed by atoms with E-state index in [1.54, 1.807) is 6.07 Å². The molecular weight excluding hydrogens is 260 g/mol. The number of carbonyl (C=O) groups excluding carboxylic acids is 1. The number of amides is 1. The third kappa shape index (κ3) is 5.69. The molecule has 3 N–H and O–H groups in total. The number of rotatable bonds is 8. The van der Waals surface area contributed by atoms with Crippen LogP contribution in [0.15, 0.2) is 23.0 Å². The minimum atomic E-state index is -0.797. The molecule has 0 aromatic carbocycles. The number of carbonyl (C=O) groups is 2. The van der Waals surface area contributed by atoms with Crippen LogP contribution in [0.25, 0.3) is 0 Å². The number of nitrogens with one attached hydrogen (secondary N) is 2. The van der Waals surface area contributed by atoms with E-state index in [4.69, 9.17) is 5.11 Å². The van der Waals surface area contributed by atoms with Gasteiger partial charge < -0.3 is 15.4 Å². The lowest BCUT2D eigenvalue weighted by Gasteiger charge is -2.13. The Kier molecular flexibility index (Phi) is 6.49. The van der Waals surface area contributed by atoms with E-state index in [0.29, 0.717) is 13.0 Å². The molecule has 0 saturated heterocycles. The number of aromatic amines is 1. The van der Waals surface area contributed by atoms with Gasteiger partial charge in [-0.3, -0.25) is 14.4 Å². The predicted octanol–water partition coefficient (Wildman–Crippen LogP) is 1.39. The quantitative estimate of drug-likeness (QED) is 0.670. The van der Waals surface area contributed by atoms with Crippen LogP contribution in [0, 0.1) is 5.92 Å². The Labute approximate surface area is 117 Å². The van der Waals surface area contributed by atoms with Crippen LogP contribution in [-0.2, 0) is 4.79 Å². The molecule has 1 atom stereocenters. The SMILES string of the molecule is CCC(CCNC(=O)c1cccc(=O)[nH]1)CCC(=O)O. The number of aliphatic carboxylic acids is 1. The highest BCUT2D eigenvalue weighted by Gasteiger charge is 2.10. The third-order valence-electron chi connectivity index (χ3n) is 3.19. The summed E-state index contributed by atoms with van der Waals surface area (Å²) in [5.74, 6) is -0.841. The first kappa shape index (κ1) is 15.9. The number of hydrogen-bond donors (Lipinski definition) is 3. The van der Waals surface area contributed by atoms with E-state index in [2.05, 4.69) is 10.3 Å². The molecular formula is C14H20N2O4. The minimum Gasteiger partial charge on any atom is -0.481 e.